The Balaban J connectivity index is 1.69. The van der Waals surface area contributed by atoms with Crippen LogP contribution in [0.25, 0.3) is 0 Å². The minimum atomic E-state index is -0.446. The maximum absolute atomic E-state index is 11.7. The summed E-state index contributed by atoms with van der Waals surface area (Å²) in [4.78, 5) is 18.5. The van der Waals surface area contributed by atoms with Crippen LogP contribution in [0.2, 0.25) is 0 Å². The standard InChI is InChI=1S/C16H21N5O2/c1-2-23-16(22)13-11-21(19-15(13)17)10-12-5-6-14(18-9-12)20-7-3-4-8-20/h5-6,9,11H,2-4,7-8,10H2,1H3,(H2,17,19). The van der Waals surface area contributed by atoms with Gasteiger partial charge in [0.25, 0.3) is 0 Å². The van der Waals surface area contributed by atoms with Gasteiger partial charge in [-0.2, -0.15) is 5.10 Å². The summed E-state index contributed by atoms with van der Waals surface area (Å²) in [6.45, 7) is 4.73. The maximum Gasteiger partial charge on any atom is 0.343 e. The van der Waals surface area contributed by atoms with Crippen molar-refractivity contribution in [2.45, 2.75) is 26.3 Å². The van der Waals surface area contributed by atoms with Crippen LogP contribution in [0.3, 0.4) is 0 Å². The Labute approximate surface area is 135 Å². The van der Waals surface area contributed by atoms with Gasteiger partial charge < -0.3 is 15.4 Å². The number of pyridine rings is 1. The minimum absolute atomic E-state index is 0.185. The molecule has 0 unspecified atom stereocenters. The highest BCUT2D eigenvalue weighted by Gasteiger charge is 2.16. The summed E-state index contributed by atoms with van der Waals surface area (Å²) in [5.41, 5.74) is 7.08. The van der Waals surface area contributed by atoms with Crippen LogP contribution >= 0.6 is 0 Å². The lowest BCUT2D eigenvalue weighted by Crippen LogP contribution is -2.18. The quantitative estimate of drug-likeness (QED) is 0.845. The number of carbonyl (C=O) groups excluding carboxylic acids is 1. The van der Waals surface area contributed by atoms with E-state index in [0.717, 1.165) is 24.5 Å². The zero-order valence-electron chi connectivity index (χ0n) is 13.2. The van der Waals surface area contributed by atoms with E-state index in [1.165, 1.54) is 12.8 Å². The lowest BCUT2D eigenvalue weighted by Gasteiger charge is -2.16. The minimum Gasteiger partial charge on any atom is -0.462 e. The van der Waals surface area contributed by atoms with E-state index < -0.39 is 5.97 Å². The van der Waals surface area contributed by atoms with E-state index in [2.05, 4.69) is 15.0 Å². The van der Waals surface area contributed by atoms with Crippen molar-refractivity contribution in [2.24, 2.45) is 0 Å². The van der Waals surface area contributed by atoms with E-state index in [-0.39, 0.29) is 5.82 Å². The summed E-state index contributed by atoms with van der Waals surface area (Å²) in [7, 11) is 0. The molecule has 0 saturated carbocycles. The van der Waals surface area contributed by atoms with E-state index in [0.29, 0.717) is 18.7 Å². The Bertz CT molecular complexity index is 674. The van der Waals surface area contributed by atoms with Crippen molar-refractivity contribution in [3.05, 3.63) is 35.7 Å². The van der Waals surface area contributed by atoms with Gasteiger partial charge in [0.15, 0.2) is 5.82 Å². The number of nitrogen functional groups attached to an aromatic ring is 1. The second-order valence-electron chi connectivity index (χ2n) is 5.56. The van der Waals surface area contributed by atoms with Gasteiger partial charge in [-0.25, -0.2) is 9.78 Å². The number of nitrogens with two attached hydrogens (primary N) is 1. The van der Waals surface area contributed by atoms with Crippen molar-refractivity contribution in [1.82, 2.24) is 14.8 Å². The molecule has 1 aliphatic heterocycles. The topological polar surface area (TPSA) is 86.3 Å². The van der Waals surface area contributed by atoms with Crippen LogP contribution in [0.4, 0.5) is 11.6 Å². The third kappa shape index (κ3) is 3.44. The smallest absolute Gasteiger partial charge is 0.343 e. The molecule has 0 aliphatic carbocycles. The molecule has 122 valence electrons. The molecular weight excluding hydrogens is 294 g/mol. The van der Waals surface area contributed by atoms with Gasteiger partial charge in [-0.3, -0.25) is 4.68 Å². The second-order valence-corrected chi connectivity index (χ2v) is 5.56. The van der Waals surface area contributed by atoms with E-state index in [4.69, 9.17) is 10.5 Å². The molecule has 7 nitrogen and oxygen atoms in total. The zero-order chi connectivity index (χ0) is 16.2. The monoisotopic (exact) mass is 315 g/mol. The molecule has 0 aromatic carbocycles. The lowest BCUT2D eigenvalue weighted by molar-refractivity contribution is 0.0527. The van der Waals surface area contributed by atoms with Crippen LogP contribution in [0.5, 0.6) is 0 Å². The van der Waals surface area contributed by atoms with Crippen molar-refractivity contribution in [2.75, 3.05) is 30.3 Å². The molecule has 3 rings (SSSR count). The van der Waals surface area contributed by atoms with Gasteiger partial charge in [-0.1, -0.05) is 6.07 Å². The van der Waals surface area contributed by atoms with Gasteiger partial charge in [0.1, 0.15) is 11.4 Å². The normalized spacial score (nSPS) is 14.2. The third-order valence-corrected chi connectivity index (χ3v) is 3.87. The van der Waals surface area contributed by atoms with E-state index in [1.54, 1.807) is 17.8 Å². The Morgan fingerprint density at radius 3 is 2.78 bits per heavy atom. The first-order valence-corrected chi connectivity index (χ1v) is 7.87. The fourth-order valence-corrected chi connectivity index (χ4v) is 2.71. The van der Waals surface area contributed by atoms with Gasteiger partial charge in [0, 0.05) is 25.5 Å². The van der Waals surface area contributed by atoms with Crippen molar-refractivity contribution in [1.29, 1.82) is 0 Å². The second kappa shape index (κ2) is 6.68. The van der Waals surface area contributed by atoms with Gasteiger partial charge in [0.05, 0.1) is 13.2 Å². The fourth-order valence-electron chi connectivity index (χ4n) is 2.71. The van der Waals surface area contributed by atoms with Crippen molar-refractivity contribution >= 4 is 17.6 Å². The number of aromatic nitrogens is 3. The molecule has 23 heavy (non-hydrogen) atoms. The van der Waals surface area contributed by atoms with Crippen LogP contribution in [0.15, 0.2) is 24.5 Å². The average Bonchev–Trinajstić information content (AvgIpc) is 3.18. The molecule has 1 saturated heterocycles. The van der Waals surface area contributed by atoms with Crippen molar-refractivity contribution < 1.29 is 9.53 Å². The van der Waals surface area contributed by atoms with E-state index in [1.807, 2.05) is 18.3 Å². The predicted octanol–water partition coefficient (Wildman–Crippen LogP) is 1.69. The fraction of sp³-hybridized carbons (Fsp3) is 0.438. The molecule has 3 heterocycles. The van der Waals surface area contributed by atoms with Crippen molar-refractivity contribution in [3.63, 3.8) is 0 Å². The highest BCUT2D eigenvalue weighted by molar-refractivity contribution is 5.93. The van der Waals surface area contributed by atoms with E-state index >= 15 is 0 Å². The SMILES string of the molecule is CCOC(=O)c1cn(Cc2ccc(N3CCCC3)nc2)nc1N. The molecular formula is C16H21N5O2. The van der Waals surface area contributed by atoms with Crippen LogP contribution in [-0.2, 0) is 11.3 Å². The molecule has 7 heteroatoms. The Hall–Kier alpha value is -2.57. The molecule has 2 N–H and O–H groups in total. The molecule has 0 atom stereocenters. The molecule has 1 fully saturated rings. The summed E-state index contributed by atoms with van der Waals surface area (Å²) in [5, 5.41) is 4.16. The number of hydrogen-bond donors (Lipinski definition) is 1. The maximum atomic E-state index is 11.7. The third-order valence-electron chi connectivity index (χ3n) is 3.87. The van der Waals surface area contributed by atoms with Crippen LogP contribution in [0.1, 0.15) is 35.7 Å². The van der Waals surface area contributed by atoms with Crippen LogP contribution in [0, 0.1) is 0 Å². The van der Waals surface area contributed by atoms with Crippen LogP contribution < -0.4 is 10.6 Å². The average molecular weight is 315 g/mol. The molecule has 0 amide bonds. The van der Waals surface area contributed by atoms with Gasteiger partial charge in [0.2, 0.25) is 0 Å². The first-order valence-electron chi connectivity index (χ1n) is 7.87. The van der Waals surface area contributed by atoms with Crippen LogP contribution in [-0.4, -0.2) is 40.4 Å². The molecule has 1 aliphatic rings. The summed E-state index contributed by atoms with van der Waals surface area (Å²) in [6.07, 6.45) is 5.91. The zero-order valence-corrected chi connectivity index (χ0v) is 13.2. The highest BCUT2D eigenvalue weighted by Crippen LogP contribution is 2.18. The lowest BCUT2D eigenvalue weighted by atomic mass is 10.2. The van der Waals surface area contributed by atoms with Gasteiger partial charge in [-0.15, -0.1) is 0 Å². The number of anilines is 2. The molecule has 2 aromatic rings. The molecule has 0 bridgehead atoms. The predicted molar refractivity (Wildman–Crippen MR) is 87.4 cm³/mol. The first kappa shape index (κ1) is 15.3. The molecule has 0 spiro atoms. The van der Waals surface area contributed by atoms with Crippen molar-refractivity contribution in [3.8, 4) is 0 Å². The number of carbonyl (C=O) groups is 1. The Morgan fingerprint density at radius 2 is 2.13 bits per heavy atom. The number of nitrogens with zero attached hydrogens (tertiary/aromatic N) is 4. The number of hydrogen-bond acceptors (Lipinski definition) is 6. The summed E-state index contributed by atoms with van der Waals surface area (Å²) >= 11 is 0. The summed E-state index contributed by atoms with van der Waals surface area (Å²) in [6, 6.07) is 4.06. The number of rotatable bonds is 5. The Kier molecular flexibility index (Phi) is 4.45. The van der Waals surface area contributed by atoms with E-state index in [9.17, 15) is 4.79 Å². The van der Waals surface area contributed by atoms with Gasteiger partial charge in [-0.05, 0) is 31.4 Å². The molecule has 2 aromatic heterocycles. The first-order chi connectivity index (χ1) is 11.2. The summed E-state index contributed by atoms with van der Waals surface area (Å²) < 4.78 is 6.59. The highest BCUT2D eigenvalue weighted by atomic mass is 16.5. The number of esters is 1. The summed E-state index contributed by atoms with van der Waals surface area (Å²) in [5.74, 6) is 0.752. The Morgan fingerprint density at radius 1 is 1.35 bits per heavy atom. The largest absolute Gasteiger partial charge is 0.462 e. The van der Waals surface area contributed by atoms with Gasteiger partial charge >= 0.3 is 5.97 Å². The molecule has 0 radical (unpaired) electrons. The number of ether oxygens (including phenoxy) is 1.